The summed E-state index contributed by atoms with van der Waals surface area (Å²) in [4.78, 5) is 25.9. The van der Waals surface area contributed by atoms with Gasteiger partial charge < -0.3 is 15.4 Å². The number of carbonyl (C=O) groups is 2. The lowest BCUT2D eigenvalue weighted by atomic mass is 10.0. The number of Topliss-reactive ketones (excluding diaryl/α,β-unsaturated/α-hetero) is 1. The summed E-state index contributed by atoms with van der Waals surface area (Å²) in [6, 6.07) is 3.89. The zero-order chi connectivity index (χ0) is 15.9. The first kappa shape index (κ1) is 15.7. The monoisotopic (exact) mass is 342 g/mol. The van der Waals surface area contributed by atoms with E-state index in [0.29, 0.717) is 29.4 Å². The van der Waals surface area contributed by atoms with Crippen LogP contribution in [0.5, 0.6) is 0 Å². The van der Waals surface area contributed by atoms with Crippen molar-refractivity contribution < 1.29 is 14.3 Å². The molecule has 3 unspecified atom stereocenters. The Bertz CT molecular complexity index is 603. The van der Waals surface area contributed by atoms with Gasteiger partial charge in [-0.3, -0.25) is 9.59 Å². The van der Waals surface area contributed by atoms with Crippen LogP contribution >= 0.6 is 23.2 Å². The largest absolute Gasteiger partial charge is 0.368 e. The first-order chi connectivity index (χ1) is 10.5. The molecule has 0 saturated carbocycles. The number of benzene rings is 1. The number of likely N-dealkylation sites (tertiary alicyclic amines) is 1. The van der Waals surface area contributed by atoms with Crippen LogP contribution in [0.3, 0.4) is 0 Å². The van der Waals surface area contributed by atoms with Gasteiger partial charge in [0.15, 0.2) is 5.78 Å². The molecule has 2 fully saturated rings. The van der Waals surface area contributed by atoms with E-state index in [0.717, 1.165) is 5.56 Å². The van der Waals surface area contributed by atoms with Crippen molar-refractivity contribution in [3.63, 3.8) is 0 Å². The molecule has 3 atom stereocenters. The molecular weight excluding hydrogens is 327 g/mol. The van der Waals surface area contributed by atoms with Gasteiger partial charge in [0.1, 0.15) is 12.6 Å². The Balaban J connectivity index is 1.70. The maximum Gasteiger partial charge on any atom is 0.240 e. The van der Waals surface area contributed by atoms with Crippen LogP contribution in [-0.2, 0) is 20.7 Å². The summed E-state index contributed by atoms with van der Waals surface area (Å²) in [6.07, 6.45) is 0.823. The number of rotatable bonds is 3. The SMILES string of the molecule is NC(Cc1cc(Cl)cc(Cl)c1)C(=O)N1CCC2OCC(=O)C21. The lowest BCUT2D eigenvalue weighted by Crippen LogP contribution is -2.50. The first-order valence-electron chi connectivity index (χ1n) is 7.11. The molecule has 0 radical (unpaired) electrons. The highest BCUT2D eigenvalue weighted by atomic mass is 35.5. The van der Waals surface area contributed by atoms with Crippen molar-refractivity contribution in [2.75, 3.05) is 13.2 Å². The Labute approximate surface area is 138 Å². The maximum absolute atomic E-state index is 12.5. The summed E-state index contributed by atoms with van der Waals surface area (Å²) >= 11 is 11.9. The summed E-state index contributed by atoms with van der Waals surface area (Å²) in [5.74, 6) is -0.281. The standard InChI is InChI=1S/C15H16Cl2N2O3/c16-9-3-8(4-10(17)6-9)5-11(18)15(21)19-2-1-13-14(19)12(20)7-22-13/h3-4,6,11,13-14H,1-2,5,7,18H2. The quantitative estimate of drug-likeness (QED) is 0.901. The van der Waals surface area contributed by atoms with E-state index in [4.69, 9.17) is 33.7 Å². The lowest BCUT2D eigenvalue weighted by Gasteiger charge is -2.25. The van der Waals surface area contributed by atoms with Crippen molar-refractivity contribution in [1.82, 2.24) is 4.90 Å². The molecule has 0 aliphatic carbocycles. The number of nitrogens with two attached hydrogens (primary N) is 1. The van der Waals surface area contributed by atoms with Crippen molar-refractivity contribution in [3.05, 3.63) is 33.8 Å². The molecule has 1 amide bonds. The van der Waals surface area contributed by atoms with Crippen LogP contribution in [0.2, 0.25) is 10.0 Å². The number of hydrogen-bond acceptors (Lipinski definition) is 4. The predicted octanol–water partition coefficient (Wildman–Crippen LogP) is 1.43. The van der Waals surface area contributed by atoms with Gasteiger partial charge >= 0.3 is 0 Å². The van der Waals surface area contributed by atoms with Crippen LogP contribution in [0.25, 0.3) is 0 Å². The first-order valence-corrected chi connectivity index (χ1v) is 7.86. The highest BCUT2D eigenvalue weighted by Crippen LogP contribution is 2.28. The second-order valence-corrected chi connectivity index (χ2v) is 6.54. The Kier molecular flexibility index (Phi) is 4.41. The maximum atomic E-state index is 12.5. The third-order valence-electron chi connectivity index (χ3n) is 4.09. The molecule has 2 heterocycles. The van der Waals surface area contributed by atoms with Crippen molar-refractivity contribution in [2.45, 2.75) is 31.0 Å². The van der Waals surface area contributed by atoms with E-state index in [1.807, 2.05) is 0 Å². The fourth-order valence-corrected chi connectivity index (χ4v) is 3.70. The van der Waals surface area contributed by atoms with Crippen LogP contribution in [0.1, 0.15) is 12.0 Å². The molecule has 2 aliphatic heterocycles. The minimum absolute atomic E-state index is 0.0474. The molecule has 2 N–H and O–H groups in total. The second kappa shape index (κ2) is 6.16. The van der Waals surface area contributed by atoms with E-state index in [1.54, 1.807) is 23.1 Å². The third kappa shape index (κ3) is 2.99. The summed E-state index contributed by atoms with van der Waals surface area (Å²) in [7, 11) is 0. The summed E-state index contributed by atoms with van der Waals surface area (Å²) in [5.41, 5.74) is 6.82. The van der Waals surface area contributed by atoms with E-state index in [1.165, 1.54) is 0 Å². The minimum Gasteiger partial charge on any atom is -0.368 e. The Hall–Kier alpha value is -1.14. The van der Waals surface area contributed by atoms with Crippen molar-refractivity contribution >= 4 is 34.9 Å². The van der Waals surface area contributed by atoms with Gasteiger partial charge in [0.2, 0.25) is 5.91 Å². The van der Waals surface area contributed by atoms with Gasteiger partial charge in [-0.25, -0.2) is 0 Å². The van der Waals surface area contributed by atoms with Gasteiger partial charge in [0.05, 0.1) is 12.1 Å². The smallest absolute Gasteiger partial charge is 0.240 e. The van der Waals surface area contributed by atoms with E-state index >= 15 is 0 Å². The number of ketones is 1. The molecule has 2 saturated heterocycles. The van der Waals surface area contributed by atoms with Crippen molar-refractivity contribution in [2.24, 2.45) is 5.73 Å². The Morgan fingerprint density at radius 1 is 1.36 bits per heavy atom. The highest BCUT2D eigenvalue weighted by Gasteiger charge is 2.47. The van der Waals surface area contributed by atoms with E-state index < -0.39 is 12.1 Å². The van der Waals surface area contributed by atoms with Gasteiger partial charge in [-0.1, -0.05) is 23.2 Å². The number of nitrogens with zero attached hydrogens (tertiary/aromatic N) is 1. The van der Waals surface area contributed by atoms with Crippen LogP contribution in [-0.4, -0.2) is 47.9 Å². The molecule has 22 heavy (non-hydrogen) atoms. The molecule has 1 aromatic carbocycles. The van der Waals surface area contributed by atoms with Gasteiger partial charge in [-0.15, -0.1) is 0 Å². The van der Waals surface area contributed by atoms with Gasteiger partial charge in [-0.2, -0.15) is 0 Å². The van der Waals surface area contributed by atoms with Crippen LogP contribution in [0.15, 0.2) is 18.2 Å². The van der Waals surface area contributed by atoms with E-state index in [-0.39, 0.29) is 24.4 Å². The van der Waals surface area contributed by atoms with Gasteiger partial charge in [0, 0.05) is 16.6 Å². The molecule has 5 nitrogen and oxygen atoms in total. The third-order valence-corrected chi connectivity index (χ3v) is 4.53. The van der Waals surface area contributed by atoms with Crippen molar-refractivity contribution in [3.8, 4) is 0 Å². The summed E-state index contributed by atoms with van der Waals surface area (Å²) in [6.45, 7) is 0.585. The molecule has 0 bridgehead atoms. The molecular formula is C15H16Cl2N2O3. The molecule has 7 heteroatoms. The molecule has 1 aromatic rings. The predicted molar refractivity (Wildman–Crippen MR) is 83.0 cm³/mol. The zero-order valence-electron chi connectivity index (χ0n) is 11.8. The second-order valence-electron chi connectivity index (χ2n) is 5.67. The minimum atomic E-state index is -0.735. The van der Waals surface area contributed by atoms with Crippen LogP contribution < -0.4 is 5.73 Å². The highest BCUT2D eigenvalue weighted by molar-refractivity contribution is 6.34. The molecule has 0 aromatic heterocycles. The normalized spacial score (nSPS) is 25.4. The average molecular weight is 343 g/mol. The molecule has 118 valence electrons. The van der Waals surface area contributed by atoms with Crippen LogP contribution in [0, 0.1) is 0 Å². The number of halogens is 2. The zero-order valence-corrected chi connectivity index (χ0v) is 13.3. The van der Waals surface area contributed by atoms with Crippen molar-refractivity contribution in [1.29, 1.82) is 0 Å². The molecule has 3 rings (SSSR count). The number of ether oxygens (including phenoxy) is 1. The molecule has 0 spiro atoms. The summed E-state index contributed by atoms with van der Waals surface area (Å²) < 4.78 is 5.38. The average Bonchev–Trinajstić information content (AvgIpc) is 3.00. The number of fused-ring (bicyclic) bond motifs is 1. The topological polar surface area (TPSA) is 72.6 Å². The lowest BCUT2D eigenvalue weighted by molar-refractivity contribution is -0.137. The number of carbonyl (C=O) groups excluding carboxylic acids is 2. The fourth-order valence-electron chi connectivity index (χ4n) is 3.12. The van der Waals surface area contributed by atoms with Gasteiger partial charge in [-0.05, 0) is 36.6 Å². The van der Waals surface area contributed by atoms with E-state index in [9.17, 15) is 9.59 Å². The van der Waals surface area contributed by atoms with E-state index in [2.05, 4.69) is 0 Å². The summed E-state index contributed by atoms with van der Waals surface area (Å²) in [5, 5.41) is 1.01. The Morgan fingerprint density at radius 3 is 2.73 bits per heavy atom. The molecule has 2 aliphatic rings. The fraction of sp³-hybridized carbons (Fsp3) is 0.467. The van der Waals surface area contributed by atoms with Crippen LogP contribution in [0.4, 0.5) is 0 Å². The van der Waals surface area contributed by atoms with Gasteiger partial charge in [0.25, 0.3) is 0 Å². The Morgan fingerprint density at radius 2 is 2.05 bits per heavy atom. The number of amides is 1. The number of hydrogen-bond donors (Lipinski definition) is 1.